The van der Waals surface area contributed by atoms with Crippen LogP contribution in [0.1, 0.15) is 122 Å². The topological polar surface area (TPSA) is 122 Å². The third kappa shape index (κ3) is 18.1. The number of aliphatic hydroxyl groups is 2. The molecule has 1 aromatic carbocycles. The van der Waals surface area contributed by atoms with Crippen molar-refractivity contribution in [2.24, 2.45) is 35.5 Å². The van der Waals surface area contributed by atoms with Crippen LogP contribution in [0.4, 0.5) is 0 Å². The predicted octanol–water partition coefficient (Wildman–Crippen LogP) is 13.7. The molecule has 2 aliphatic heterocycles. The van der Waals surface area contributed by atoms with Crippen LogP contribution in [-0.4, -0.2) is 119 Å². The molecule has 1 fully saturated rings. The number of carbonyl (C=O) groups excluding carboxylic acids is 1. The van der Waals surface area contributed by atoms with Crippen molar-refractivity contribution in [3.8, 4) is 5.75 Å². The Morgan fingerprint density at radius 3 is 2.06 bits per heavy atom. The fraction of sp³-hybridized carbons (Fsp3) is 0.776. The molecule has 3 rings (SSSR count). The highest BCUT2D eigenvalue weighted by Gasteiger charge is 2.50. The third-order valence-corrected chi connectivity index (χ3v) is 27.3. The van der Waals surface area contributed by atoms with Gasteiger partial charge in [-0.2, -0.15) is 0 Å². The summed E-state index contributed by atoms with van der Waals surface area (Å²) in [5.41, 5.74) is 3.88. The van der Waals surface area contributed by atoms with E-state index in [0.717, 1.165) is 48.1 Å². The van der Waals surface area contributed by atoms with Crippen LogP contribution in [0.25, 0.3) is 0 Å². The summed E-state index contributed by atoms with van der Waals surface area (Å²) in [5.74, 6) is 0.775. The van der Waals surface area contributed by atoms with E-state index in [1.807, 2.05) is 73.8 Å². The summed E-state index contributed by atoms with van der Waals surface area (Å²) in [6, 6.07) is 8.88. The second-order valence-corrected chi connectivity index (χ2v) is 37.6. The van der Waals surface area contributed by atoms with Gasteiger partial charge in [-0.3, -0.25) is 0 Å². The number of aliphatic hydroxyl groups excluding tert-OH is 2. The van der Waals surface area contributed by atoms with Gasteiger partial charge in [-0.25, -0.2) is 4.79 Å². The lowest BCUT2D eigenvalue weighted by Gasteiger charge is -2.48. The SMILES string of the molecule is C/C=C\[C@H](C)/C=C(\C)[C@@H](O)C1COC(=O)[C@H](OCOCC[Si](C)(C)C)C(OC)[C@H](C)[C@@H](OCc2ccc(OC)cc2)[C@H](C)C(O[Si](C(C)C)(C(C)C)C(C)C)/C(C)=C/[C@H](C)C2(CC[C@@H](C)[C@H]1O)SCCCS2. The molecule has 14 heteroatoms. The summed E-state index contributed by atoms with van der Waals surface area (Å²) in [4.78, 5) is 15.0. The molecule has 0 saturated carbocycles. The van der Waals surface area contributed by atoms with Crippen LogP contribution in [0, 0.1) is 35.5 Å². The Kier molecular flexibility index (Phi) is 27.5. The lowest BCUT2D eigenvalue weighted by atomic mass is 9.81. The summed E-state index contributed by atoms with van der Waals surface area (Å²) < 4.78 is 46.0. The molecule has 0 aromatic heterocycles. The summed E-state index contributed by atoms with van der Waals surface area (Å²) in [6.45, 7) is 38.3. The van der Waals surface area contributed by atoms with Crippen molar-refractivity contribution in [2.45, 2.75) is 206 Å². The Morgan fingerprint density at radius 1 is 0.903 bits per heavy atom. The van der Waals surface area contributed by atoms with Gasteiger partial charge in [-0.05, 0) is 121 Å². The number of allylic oxidation sites excluding steroid dienone is 4. The summed E-state index contributed by atoms with van der Waals surface area (Å²) in [7, 11) is -0.667. The number of thioether (sulfide) groups is 2. The first-order chi connectivity index (χ1) is 33.8. The van der Waals surface area contributed by atoms with E-state index in [-0.39, 0.29) is 47.3 Å². The zero-order chi connectivity index (χ0) is 54.1. The van der Waals surface area contributed by atoms with Crippen LogP contribution < -0.4 is 4.74 Å². The van der Waals surface area contributed by atoms with Gasteiger partial charge in [0.1, 0.15) is 12.5 Å². The maximum absolute atomic E-state index is 15.0. The number of esters is 1. The quantitative estimate of drug-likeness (QED) is 0.0425. The monoisotopic (exact) mass is 1080 g/mol. The molecular formula is C58H102O10S2Si2. The Hall–Kier alpha value is -1.44. The summed E-state index contributed by atoms with van der Waals surface area (Å²) in [5, 5.41) is 24.6. The van der Waals surface area contributed by atoms with E-state index in [9.17, 15) is 15.0 Å². The first-order valence-corrected chi connectivity index (χ1v) is 35.1. The molecular weight excluding hydrogens is 977 g/mol. The number of carbonyl (C=O) groups is 1. The molecule has 0 aliphatic carbocycles. The highest BCUT2D eigenvalue weighted by atomic mass is 32.2. The minimum Gasteiger partial charge on any atom is -0.497 e. The minimum absolute atomic E-state index is 0.0639. The van der Waals surface area contributed by atoms with Gasteiger partial charge >= 0.3 is 5.97 Å². The average molecular weight is 1080 g/mol. The number of hydrogen-bond acceptors (Lipinski definition) is 12. The second kappa shape index (κ2) is 30.5. The maximum atomic E-state index is 15.0. The molecule has 0 amide bonds. The second-order valence-electron chi connectivity index (χ2n) is 23.4. The van der Waals surface area contributed by atoms with Crippen molar-refractivity contribution in [2.75, 3.05) is 45.7 Å². The molecule has 3 unspecified atom stereocenters. The Labute approximate surface area is 449 Å². The number of methoxy groups -OCH3 is 2. The molecule has 0 radical (unpaired) electrons. The van der Waals surface area contributed by atoms with Gasteiger partial charge in [0.05, 0.1) is 54.9 Å². The van der Waals surface area contributed by atoms with Gasteiger partial charge in [0.2, 0.25) is 8.32 Å². The van der Waals surface area contributed by atoms with Crippen LogP contribution in [0.5, 0.6) is 5.75 Å². The number of benzene rings is 1. The van der Waals surface area contributed by atoms with Crippen molar-refractivity contribution >= 4 is 45.9 Å². The largest absolute Gasteiger partial charge is 0.497 e. The molecule has 2 N–H and O–H groups in total. The molecule has 1 spiro atoms. The van der Waals surface area contributed by atoms with Crippen LogP contribution in [0.3, 0.4) is 0 Å². The predicted molar refractivity (Wildman–Crippen MR) is 308 cm³/mol. The summed E-state index contributed by atoms with van der Waals surface area (Å²) >= 11 is 4.10. The van der Waals surface area contributed by atoms with E-state index in [1.54, 1.807) is 14.2 Å². The smallest absolute Gasteiger partial charge is 0.338 e. The van der Waals surface area contributed by atoms with Crippen molar-refractivity contribution in [1.29, 1.82) is 0 Å². The molecule has 10 nitrogen and oxygen atoms in total. The fourth-order valence-corrected chi connectivity index (χ4v) is 21.4. The Morgan fingerprint density at radius 2 is 1.51 bits per heavy atom. The number of ether oxygens (including phenoxy) is 6. The first kappa shape index (κ1) is 64.8. The van der Waals surface area contributed by atoms with E-state index in [2.05, 4.69) is 115 Å². The van der Waals surface area contributed by atoms with Gasteiger partial charge in [0, 0.05) is 39.5 Å². The van der Waals surface area contributed by atoms with Crippen LogP contribution in [0.15, 0.2) is 59.7 Å². The molecule has 0 bridgehead atoms. The molecule has 2 heterocycles. The zero-order valence-electron chi connectivity index (χ0n) is 48.3. The lowest BCUT2D eigenvalue weighted by molar-refractivity contribution is -0.195. The van der Waals surface area contributed by atoms with Crippen LogP contribution in [-0.2, 0) is 39.5 Å². The standard InChI is InChI=1S/C58H102O10S2Si2/c1-20-22-41(8)33-43(10)52(60)50-36-66-57(61)56(67-37-64-29-32-71(17,18)19)55(63-16)47(14)54(65-35-48-23-25-49(62-15)26-24-48)46(13)53(68-72(38(2)3,39(4)5)40(6)7)44(11)34-45(12)58(69-30-21-31-70-58)28-27-42(9)51(50)59/h20,22-26,33-34,38-42,45-47,50-56,59-60H,21,27-32,35-37H2,1-19H3/b22-20-,43-33+,44-34+/t41-,42+,45-,46+,47+,50?,51+,52+,53?,54-,55?,56+/m0/s1. The molecule has 1 aromatic rings. The van der Waals surface area contributed by atoms with E-state index in [4.69, 9.17) is 32.8 Å². The molecule has 1 saturated heterocycles. The zero-order valence-corrected chi connectivity index (χ0v) is 52.0. The highest BCUT2D eigenvalue weighted by Crippen LogP contribution is 2.53. The van der Waals surface area contributed by atoms with Gasteiger partial charge in [0.25, 0.3) is 0 Å². The van der Waals surface area contributed by atoms with E-state index < -0.39 is 64.7 Å². The van der Waals surface area contributed by atoms with E-state index in [0.29, 0.717) is 35.4 Å². The van der Waals surface area contributed by atoms with Crippen LogP contribution >= 0.6 is 23.5 Å². The highest BCUT2D eigenvalue weighted by molar-refractivity contribution is 8.18. The maximum Gasteiger partial charge on any atom is 0.338 e. The van der Waals surface area contributed by atoms with Gasteiger partial charge in [-0.1, -0.05) is 132 Å². The Bertz CT molecular complexity index is 1810. The lowest BCUT2D eigenvalue weighted by Crippen LogP contribution is -2.55. The van der Waals surface area contributed by atoms with Crippen molar-refractivity contribution in [3.05, 3.63) is 65.3 Å². The van der Waals surface area contributed by atoms with Crippen molar-refractivity contribution < 1.29 is 47.9 Å². The van der Waals surface area contributed by atoms with Gasteiger partial charge < -0.3 is 43.1 Å². The molecule has 12 atom stereocenters. The Balaban J connectivity index is 2.39. The molecule has 414 valence electrons. The third-order valence-electron chi connectivity index (χ3n) is 15.7. The summed E-state index contributed by atoms with van der Waals surface area (Å²) in [6.07, 6.45) is 6.31. The van der Waals surface area contributed by atoms with Crippen LogP contribution in [0.2, 0.25) is 42.3 Å². The molecule has 72 heavy (non-hydrogen) atoms. The molecule has 2 aliphatic rings. The number of cyclic esters (lactones) is 1. The first-order valence-electron chi connectivity index (χ1n) is 27.2. The normalized spacial score (nSPS) is 29.8. The average Bonchev–Trinajstić information content (AvgIpc) is 3.32. The minimum atomic E-state index is -2.52. The number of hydrogen-bond donors (Lipinski definition) is 2. The number of rotatable bonds is 20. The van der Waals surface area contributed by atoms with E-state index in [1.165, 1.54) is 5.57 Å². The van der Waals surface area contributed by atoms with Crippen molar-refractivity contribution in [3.63, 3.8) is 0 Å². The fourth-order valence-electron chi connectivity index (χ4n) is 11.5. The van der Waals surface area contributed by atoms with E-state index >= 15 is 0 Å². The van der Waals surface area contributed by atoms with Gasteiger partial charge in [0.15, 0.2) is 6.10 Å². The van der Waals surface area contributed by atoms with Crippen molar-refractivity contribution in [1.82, 2.24) is 0 Å². The van der Waals surface area contributed by atoms with Gasteiger partial charge in [-0.15, -0.1) is 23.5 Å².